The van der Waals surface area contributed by atoms with Gasteiger partial charge in [-0.15, -0.1) is 11.3 Å². The van der Waals surface area contributed by atoms with E-state index < -0.39 is 6.67 Å². The van der Waals surface area contributed by atoms with E-state index in [2.05, 4.69) is 11.9 Å². The van der Waals surface area contributed by atoms with Crippen molar-refractivity contribution in [2.75, 3.05) is 5.32 Å². The lowest BCUT2D eigenvalue weighted by atomic mass is 10.2. The number of aliphatic imine (C=N–C) groups is 1. The van der Waals surface area contributed by atoms with Gasteiger partial charge in [-0.1, -0.05) is 19.4 Å². The fourth-order valence-corrected chi connectivity index (χ4v) is 3.31. The molecular weight excluding hydrogens is 247 g/mol. The minimum atomic E-state index is -0.423. The van der Waals surface area contributed by atoms with Gasteiger partial charge in [0.05, 0.1) is 6.04 Å². The monoisotopic (exact) mass is 266 g/mol. The van der Waals surface area contributed by atoms with E-state index in [1.54, 1.807) is 6.20 Å². The van der Waals surface area contributed by atoms with Gasteiger partial charge in [-0.3, -0.25) is 4.99 Å². The van der Waals surface area contributed by atoms with E-state index in [1.165, 1.54) is 37.0 Å². The summed E-state index contributed by atoms with van der Waals surface area (Å²) in [5.41, 5.74) is 2.02. The van der Waals surface area contributed by atoms with Crippen molar-refractivity contribution in [1.29, 1.82) is 0 Å². The van der Waals surface area contributed by atoms with E-state index in [-0.39, 0.29) is 0 Å². The summed E-state index contributed by atoms with van der Waals surface area (Å²) in [4.78, 5) is 5.50. The molecule has 1 heterocycles. The van der Waals surface area contributed by atoms with E-state index >= 15 is 0 Å². The van der Waals surface area contributed by atoms with Crippen molar-refractivity contribution in [2.45, 2.75) is 45.3 Å². The molecule has 1 aliphatic carbocycles. The van der Waals surface area contributed by atoms with Gasteiger partial charge in [0.2, 0.25) is 0 Å². The summed E-state index contributed by atoms with van der Waals surface area (Å²) < 4.78 is 12.7. The van der Waals surface area contributed by atoms with Crippen molar-refractivity contribution < 1.29 is 4.39 Å². The highest BCUT2D eigenvalue weighted by Crippen LogP contribution is 2.30. The van der Waals surface area contributed by atoms with Crippen molar-refractivity contribution in [1.82, 2.24) is 0 Å². The van der Waals surface area contributed by atoms with E-state index in [1.807, 2.05) is 13.0 Å². The minimum Gasteiger partial charge on any atom is -0.354 e. The zero-order chi connectivity index (χ0) is 13.0. The summed E-state index contributed by atoms with van der Waals surface area (Å²) in [6, 6.07) is 2.35. The van der Waals surface area contributed by atoms with Crippen LogP contribution in [0.3, 0.4) is 0 Å². The van der Waals surface area contributed by atoms with Gasteiger partial charge in [0.25, 0.3) is 0 Å². The maximum atomic E-state index is 12.7. The van der Waals surface area contributed by atoms with E-state index in [0.29, 0.717) is 6.04 Å². The van der Waals surface area contributed by atoms with Crippen LogP contribution in [0.5, 0.6) is 0 Å². The molecule has 1 saturated carbocycles. The van der Waals surface area contributed by atoms with Crippen LogP contribution in [0.2, 0.25) is 0 Å². The SMILES string of the molecule is C=CNc1sc(CF)cc1C(C)=NC1CCCC1. The maximum Gasteiger partial charge on any atom is 0.124 e. The smallest absolute Gasteiger partial charge is 0.124 e. The number of hydrogen-bond donors (Lipinski definition) is 1. The van der Waals surface area contributed by atoms with Crippen LogP contribution in [0.15, 0.2) is 23.8 Å². The van der Waals surface area contributed by atoms with Crippen molar-refractivity contribution in [3.8, 4) is 0 Å². The number of nitrogens with zero attached hydrogens (tertiary/aromatic N) is 1. The summed E-state index contributed by atoms with van der Waals surface area (Å²) in [6.07, 6.45) is 6.54. The lowest BCUT2D eigenvalue weighted by Crippen LogP contribution is -2.04. The van der Waals surface area contributed by atoms with Crippen LogP contribution in [0.4, 0.5) is 9.39 Å². The highest BCUT2D eigenvalue weighted by molar-refractivity contribution is 7.16. The van der Waals surface area contributed by atoms with Crippen molar-refractivity contribution in [2.24, 2.45) is 4.99 Å². The summed E-state index contributed by atoms with van der Waals surface area (Å²) in [7, 11) is 0. The van der Waals surface area contributed by atoms with Crippen molar-refractivity contribution >= 4 is 22.0 Å². The normalized spacial score (nSPS) is 17.1. The number of halogens is 1. The standard InChI is InChI=1S/C14H19FN2S/c1-3-16-14-13(8-12(9-15)18-14)10(2)17-11-6-4-5-7-11/h3,8,11,16H,1,4-7,9H2,2H3. The zero-order valence-corrected chi connectivity index (χ0v) is 11.5. The lowest BCUT2D eigenvalue weighted by molar-refractivity contribution is 0.491. The molecular formula is C14H19FN2S. The molecule has 4 heteroatoms. The fraction of sp³-hybridized carbons (Fsp3) is 0.500. The van der Waals surface area contributed by atoms with Gasteiger partial charge < -0.3 is 5.32 Å². The molecule has 0 amide bonds. The third kappa shape index (κ3) is 2.99. The van der Waals surface area contributed by atoms with Crippen LogP contribution in [0.1, 0.15) is 43.0 Å². The average molecular weight is 266 g/mol. The Morgan fingerprint density at radius 3 is 2.94 bits per heavy atom. The number of nitrogens with one attached hydrogen (secondary N) is 1. The first-order chi connectivity index (χ1) is 8.74. The first-order valence-electron chi connectivity index (χ1n) is 6.35. The predicted octanol–water partition coefficient (Wildman–Crippen LogP) is 4.52. The van der Waals surface area contributed by atoms with E-state index in [4.69, 9.17) is 4.99 Å². The van der Waals surface area contributed by atoms with Crippen LogP contribution in [0, 0.1) is 0 Å². The second kappa shape index (κ2) is 6.14. The van der Waals surface area contributed by atoms with Crippen LogP contribution in [0.25, 0.3) is 0 Å². The van der Waals surface area contributed by atoms with E-state index in [0.717, 1.165) is 21.2 Å². The summed E-state index contributed by atoms with van der Waals surface area (Å²) in [6.45, 7) is 5.24. The molecule has 18 heavy (non-hydrogen) atoms. The average Bonchev–Trinajstić information content (AvgIpc) is 2.98. The van der Waals surface area contributed by atoms with Crippen LogP contribution in [-0.2, 0) is 6.67 Å². The Balaban J connectivity index is 2.24. The topological polar surface area (TPSA) is 24.4 Å². The van der Waals surface area contributed by atoms with Crippen LogP contribution >= 0.6 is 11.3 Å². The molecule has 0 unspecified atom stereocenters. The van der Waals surface area contributed by atoms with Crippen LogP contribution in [-0.4, -0.2) is 11.8 Å². The van der Waals surface area contributed by atoms with Gasteiger partial charge in [0.1, 0.15) is 11.7 Å². The van der Waals surface area contributed by atoms with Gasteiger partial charge >= 0.3 is 0 Å². The Bertz CT molecular complexity index is 445. The highest BCUT2D eigenvalue weighted by Gasteiger charge is 2.16. The third-order valence-corrected chi connectivity index (χ3v) is 4.27. The molecule has 98 valence electrons. The molecule has 0 atom stereocenters. The fourth-order valence-electron chi connectivity index (χ4n) is 2.35. The van der Waals surface area contributed by atoms with Crippen molar-refractivity contribution in [3.63, 3.8) is 0 Å². The largest absolute Gasteiger partial charge is 0.354 e. The Hall–Kier alpha value is -1.16. The number of alkyl halides is 1. The molecule has 1 fully saturated rings. The lowest BCUT2D eigenvalue weighted by Gasteiger charge is -2.07. The second-order valence-corrected chi connectivity index (χ2v) is 5.73. The molecule has 2 rings (SSSR count). The minimum absolute atomic E-state index is 0.423. The Labute approximate surface area is 112 Å². The number of anilines is 1. The summed E-state index contributed by atoms with van der Waals surface area (Å²) >= 11 is 1.43. The van der Waals surface area contributed by atoms with Gasteiger partial charge in [0, 0.05) is 16.2 Å². The second-order valence-electron chi connectivity index (χ2n) is 4.59. The highest BCUT2D eigenvalue weighted by atomic mass is 32.1. The van der Waals surface area contributed by atoms with Crippen LogP contribution < -0.4 is 5.32 Å². The van der Waals surface area contributed by atoms with Gasteiger partial charge in [-0.05, 0) is 32.0 Å². The van der Waals surface area contributed by atoms with Crippen molar-refractivity contribution in [3.05, 3.63) is 29.3 Å². The first-order valence-corrected chi connectivity index (χ1v) is 7.17. The number of hydrogen-bond acceptors (Lipinski definition) is 3. The molecule has 0 aromatic carbocycles. The number of rotatable bonds is 5. The summed E-state index contributed by atoms with van der Waals surface area (Å²) in [5.74, 6) is 0. The quantitative estimate of drug-likeness (QED) is 0.778. The first kappa shape index (κ1) is 13.3. The van der Waals surface area contributed by atoms with E-state index in [9.17, 15) is 4.39 Å². The Morgan fingerprint density at radius 2 is 2.33 bits per heavy atom. The van der Waals surface area contributed by atoms with Gasteiger partial charge in [-0.25, -0.2) is 4.39 Å². The molecule has 0 aliphatic heterocycles. The van der Waals surface area contributed by atoms with Gasteiger partial charge in [0.15, 0.2) is 0 Å². The molecule has 2 nitrogen and oxygen atoms in total. The Morgan fingerprint density at radius 1 is 1.61 bits per heavy atom. The molecule has 1 N–H and O–H groups in total. The molecule has 1 aliphatic rings. The van der Waals surface area contributed by atoms with Gasteiger partial charge in [-0.2, -0.15) is 0 Å². The molecule has 0 radical (unpaired) electrons. The predicted molar refractivity (Wildman–Crippen MR) is 77.4 cm³/mol. The molecule has 0 bridgehead atoms. The third-order valence-electron chi connectivity index (χ3n) is 3.24. The summed E-state index contributed by atoms with van der Waals surface area (Å²) in [5, 5.41) is 4.01. The Kier molecular flexibility index (Phi) is 4.53. The molecule has 1 aromatic rings. The maximum absolute atomic E-state index is 12.7. The molecule has 0 spiro atoms. The zero-order valence-electron chi connectivity index (χ0n) is 10.7. The molecule has 1 aromatic heterocycles. The number of thiophene rings is 1. The molecule has 0 saturated heterocycles.